The third kappa shape index (κ3) is 3.93. The molecule has 1 heterocycles. The first-order valence-electron chi connectivity index (χ1n) is 9.62. The molecule has 4 rings (SSSR count). The second-order valence-corrected chi connectivity index (χ2v) is 7.07. The number of amides is 1. The lowest BCUT2D eigenvalue weighted by molar-refractivity contribution is -0.929. The van der Waals surface area contributed by atoms with Crippen LogP contribution in [0.5, 0.6) is 0 Å². The summed E-state index contributed by atoms with van der Waals surface area (Å²) in [4.78, 5) is 16.2. The van der Waals surface area contributed by atoms with Gasteiger partial charge in [0.15, 0.2) is 0 Å². The normalized spacial score (nSPS) is 15.1. The molecule has 3 heteroatoms. The highest BCUT2D eigenvalue weighted by Crippen LogP contribution is 2.19. The van der Waals surface area contributed by atoms with Gasteiger partial charge in [-0.1, -0.05) is 78.9 Å². The summed E-state index contributed by atoms with van der Waals surface area (Å²) in [6.45, 7) is 3.48. The van der Waals surface area contributed by atoms with E-state index in [-0.39, 0.29) is 5.91 Å². The monoisotopic (exact) mass is 357 g/mol. The molecule has 1 aliphatic heterocycles. The molecule has 27 heavy (non-hydrogen) atoms. The van der Waals surface area contributed by atoms with Crippen molar-refractivity contribution in [2.45, 2.75) is 6.04 Å². The Kier molecular flexibility index (Phi) is 5.31. The van der Waals surface area contributed by atoms with Crippen molar-refractivity contribution in [1.82, 2.24) is 4.90 Å². The molecule has 0 bridgehead atoms. The predicted octanol–water partition coefficient (Wildman–Crippen LogP) is 2.82. The second kappa shape index (κ2) is 8.19. The molecule has 0 spiro atoms. The summed E-state index contributed by atoms with van der Waals surface area (Å²) < 4.78 is 0. The number of benzene rings is 3. The SMILES string of the molecule is O=C(c1ccccc1)N1CC[NH+](C(c2ccccc2)c2ccccc2)CC1. The Balaban J connectivity index is 1.51. The Hall–Kier alpha value is -2.91. The standard InChI is InChI=1S/C24H24N2O/c27-24(22-14-8-3-9-15-22)26-18-16-25(17-19-26)23(20-10-4-1-5-11-20)21-12-6-2-7-13-21/h1-15,23H,16-19H2/p+1. The Morgan fingerprint density at radius 2 is 1.15 bits per heavy atom. The Bertz CT molecular complexity index is 817. The lowest BCUT2D eigenvalue weighted by Crippen LogP contribution is -3.15. The van der Waals surface area contributed by atoms with Crippen LogP contribution < -0.4 is 4.90 Å². The van der Waals surface area contributed by atoms with Crippen molar-refractivity contribution in [3.05, 3.63) is 108 Å². The van der Waals surface area contributed by atoms with E-state index in [1.165, 1.54) is 16.0 Å². The molecule has 1 saturated heterocycles. The van der Waals surface area contributed by atoms with Crippen molar-refractivity contribution < 1.29 is 9.69 Å². The molecule has 3 aromatic carbocycles. The number of hydrogen-bond donors (Lipinski definition) is 1. The molecule has 3 aromatic rings. The second-order valence-electron chi connectivity index (χ2n) is 7.07. The minimum atomic E-state index is 0.144. The van der Waals surface area contributed by atoms with Crippen LogP contribution in [0.1, 0.15) is 27.5 Å². The van der Waals surface area contributed by atoms with Crippen LogP contribution in [0, 0.1) is 0 Å². The van der Waals surface area contributed by atoms with Crippen molar-refractivity contribution in [3.8, 4) is 0 Å². The zero-order valence-electron chi connectivity index (χ0n) is 15.4. The Morgan fingerprint density at radius 1 is 0.704 bits per heavy atom. The summed E-state index contributed by atoms with van der Waals surface area (Å²) in [5.41, 5.74) is 3.45. The molecule has 1 aliphatic rings. The molecule has 0 atom stereocenters. The van der Waals surface area contributed by atoms with Gasteiger partial charge in [-0.05, 0) is 12.1 Å². The number of carbonyl (C=O) groups excluding carboxylic acids is 1. The van der Waals surface area contributed by atoms with Crippen molar-refractivity contribution in [2.24, 2.45) is 0 Å². The van der Waals surface area contributed by atoms with E-state index in [9.17, 15) is 4.79 Å². The van der Waals surface area contributed by atoms with Crippen molar-refractivity contribution in [2.75, 3.05) is 26.2 Å². The van der Waals surface area contributed by atoms with Crippen LogP contribution >= 0.6 is 0 Å². The molecule has 0 saturated carbocycles. The highest BCUT2D eigenvalue weighted by atomic mass is 16.2. The summed E-state index contributed by atoms with van der Waals surface area (Å²) >= 11 is 0. The molecule has 0 aliphatic carbocycles. The number of hydrogen-bond acceptors (Lipinski definition) is 1. The number of rotatable bonds is 4. The summed E-state index contributed by atoms with van der Waals surface area (Å²) in [5, 5.41) is 0. The van der Waals surface area contributed by atoms with Gasteiger partial charge in [0.25, 0.3) is 5.91 Å². The van der Waals surface area contributed by atoms with E-state index in [1.807, 2.05) is 35.2 Å². The van der Waals surface area contributed by atoms with Gasteiger partial charge >= 0.3 is 0 Å². The van der Waals surface area contributed by atoms with E-state index in [0.717, 1.165) is 31.7 Å². The van der Waals surface area contributed by atoms with E-state index >= 15 is 0 Å². The van der Waals surface area contributed by atoms with Gasteiger partial charge in [-0.25, -0.2) is 0 Å². The van der Waals surface area contributed by atoms with Gasteiger partial charge in [-0.2, -0.15) is 0 Å². The number of nitrogens with one attached hydrogen (secondary N) is 1. The van der Waals surface area contributed by atoms with Gasteiger partial charge < -0.3 is 9.80 Å². The zero-order valence-corrected chi connectivity index (χ0v) is 15.4. The number of quaternary nitrogens is 1. The van der Waals surface area contributed by atoms with Crippen LogP contribution in [-0.2, 0) is 0 Å². The largest absolute Gasteiger partial charge is 0.327 e. The van der Waals surface area contributed by atoms with Gasteiger partial charge in [0, 0.05) is 16.7 Å². The molecule has 136 valence electrons. The number of nitrogens with zero attached hydrogens (tertiary/aromatic N) is 1. The minimum Gasteiger partial charge on any atom is -0.327 e. The minimum absolute atomic E-state index is 0.144. The van der Waals surface area contributed by atoms with Crippen LogP contribution in [0.15, 0.2) is 91.0 Å². The van der Waals surface area contributed by atoms with E-state index < -0.39 is 0 Å². The van der Waals surface area contributed by atoms with Crippen molar-refractivity contribution >= 4 is 5.91 Å². The quantitative estimate of drug-likeness (QED) is 0.763. The van der Waals surface area contributed by atoms with E-state index in [4.69, 9.17) is 0 Å². The highest BCUT2D eigenvalue weighted by molar-refractivity contribution is 5.94. The smallest absolute Gasteiger partial charge is 0.254 e. The van der Waals surface area contributed by atoms with E-state index in [2.05, 4.69) is 60.7 Å². The van der Waals surface area contributed by atoms with Crippen molar-refractivity contribution in [1.29, 1.82) is 0 Å². The average Bonchev–Trinajstić information content (AvgIpc) is 2.76. The summed E-state index contributed by atoms with van der Waals surface area (Å²) in [5.74, 6) is 0.144. The first-order valence-corrected chi connectivity index (χ1v) is 9.62. The average molecular weight is 357 g/mol. The molecular formula is C24H25N2O+. The third-order valence-corrected chi connectivity index (χ3v) is 5.39. The first kappa shape index (κ1) is 17.5. The third-order valence-electron chi connectivity index (χ3n) is 5.39. The number of piperazine rings is 1. The van der Waals surface area contributed by atoms with E-state index in [0.29, 0.717) is 6.04 Å². The van der Waals surface area contributed by atoms with Gasteiger partial charge in [-0.3, -0.25) is 4.79 Å². The Labute approximate surface area is 160 Å². The molecule has 0 radical (unpaired) electrons. The molecule has 1 N–H and O–H groups in total. The molecule has 0 unspecified atom stereocenters. The fourth-order valence-corrected chi connectivity index (χ4v) is 4.00. The predicted molar refractivity (Wildman–Crippen MR) is 108 cm³/mol. The lowest BCUT2D eigenvalue weighted by Gasteiger charge is -2.37. The topological polar surface area (TPSA) is 24.8 Å². The maximum Gasteiger partial charge on any atom is 0.254 e. The zero-order chi connectivity index (χ0) is 18.5. The van der Waals surface area contributed by atoms with Crippen LogP contribution in [0.25, 0.3) is 0 Å². The van der Waals surface area contributed by atoms with Crippen LogP contribution in [-0.4, -0.2) is 37.0 Å². The van der Waals surface area contributed by atoms with Crippen LogP contribution in [0.4, 0.5) is 0 Å². The summed E-state index contributed by atoms with van der Waals surface area (Å²) in [6, 6.07) is 31.3. The number of carbonyl (C=O) groups is 1. The molecule has 3 nitrogen and oxygen atoms in total. The first-order chi connectivity index (χ1) is 13.3. The maximum absolute atomic E-state index is 12.7. The molecule has 0 aromatic heterocycles. The van der Waals surface area contributed by atoms with Gasteiger partial charge in [0.2, 0.25) is 0 Å². The van der Waals surface area contributed by atoms with E-state index in [1.54, 1.807) is 0 Å². The van der Waals surface area contributed by atoms with Gasteiger partial charge in [-0.15, -0.1) is 0 Å². The fraction of sp³-hybridized carbons (Fsp3) is 0.208. The summed E-state index contributed by atoms with van der Waals surface area (Å²) in [7, 11) is 0. The highest BCUT2D eigenvalue weighted by Gasteiger charge is 2.31. The molecule has 1 amide bonds. The Morgan fingerprint density at radius 3 is 1.63 bits per heavy atom. The fourth-order valence-electron chi connectivity index (χ4n) is 4.00. The molecule has 1 fully saturated rings. The van der Waals surface area contributed by atoms with Gasteiger partial charge in [0.05, 0.1) is 26.2 Å². The van der Waals surface area contributed by atoms with Crippen molar-refractivity contribution in [3.63, 3.8) is 0 Å². The van der Waals surface area contributed by atoms with Crippen LogP contribution in [0.2, 0.25) is 0 Å². The molecular weight excluding hydrogens is 332 g/mol. The maximum atomic E-state index is 12.7. The lowest BCUT2D eigenvalue weighted by atomic mass is 9.96. The summed E-state index contributed by atoms with van der Waals surface area (Å²) in [6.07, 6.45) is 0. The van der Waals surface area contributed by atoms with Crippen LogP contribution in [0.3, 0.4) is 0 Å². The van der Waals surface area contributed by atoms with Gasteiger partial charge in [0.1, 0.15) is 6.04 Å².